The third kappa shape index (κ3) is 4.92. The highest BCUT2D eigenvalue weighted by Crippen LogP contribution is 2.46. The van der Waals surface area contributed by atoms with Gasteiger partial charge >= 0.3 is 0 Å². The summed E-state index contributed by atoms with van der Waals surface area (Å²) >= 11 is 0. The van der Waals surface area contributed by atoms with Crippen molar-refractivity contribution in [1.82, 2.24) is 9.88 Å². The number of fused-ring (bicyclic) bond motifs is 3. The Hall–Kier alpha value is -3.31. The maximum absolute atomic E-state index is 5.86. The summed E-state index contributed by atoms with van der Waals surface area (Å²) in [6, 6.07) is 8.62. The van der Waals surface area contributed by atoms with Crippen LogP contribution in [0.1, 0.15) is 38.8 Å². The number of rotatable bonds is 7. The van der Waals surface area contributed by atoms with E-state index in [1.165, 1.54) is 11.1 Å². The van der Waals surface area contributed by atoms with Crippen LogP contribution in [0.3, 0.4) is 0 Å². The minimum atomic E-state index is 0.0645. The summed E-state index contributed by atoms with van der Waals surface area (Å²) in [5.41, 5.74) is 8.83. The van der Waals surface area contributed by atoms with Crippen molar-refractivity contribution in [3.8, 4) is 22.8 Å². The number of hydrogen-bond acceptors (Lipinski definition) is 5. The van der Waals surface area contributed by atoms with E-state index < -0.39 is 0 Å². The first-order valence-corrected chi connectivity index (χ1v) is 12.0. The molecule has 0 radical (unpaired) electrons. The molecule has 1 atom stereocenters. The normalized spacial score (nSPS) is 17.3. The Morgan fingerprint density at radius 2 is 1.91 bits per heavy atom. The van der Waals surface area contributed by atoms with E-state index in [4.69, 9.17) is 14.2 Å². The molecule has 5 heteroatoms. The standard InChI is InChI=1S/C30H36N2O3/c1-19(2)25-18-32-26(13-20(25)3)23-16-27(34-8)24(14-22(23)15-28(32)30(4,5)6)21-9-10-29(31-17-21)35-12-11-33-7/h9-10,13-14,16-18,28H,1,3,11-12,15H2,2,4-8H3. The third-order valence-corrected chi connectivity index (χ3v) is 6.70. The van der Waals surface area contributed by atoms with E-state index in [1.807, 2.05) is 25.3 Å². The summed E-state index contributed by atoms with van der Waals surface area (Å²) in [4.78, 5) is 6.90. The molecule has 3 heterocycles. The van der Waals surface area contributed by atoms with Gasteiger partial charge in [-0.2, -0.15) is 0 Å². The minimum Gasteiger partial charge on any atom is -0.496 e. The second kappa shape index (κ2) is 9.74. The van der Waals surface area contributed by atoms with Gasteiger partial charge in [-0.25, -0.2) is 4.98 Å². The van der Waals surface area contributed by atoms with Gasteiger partial charge in [-0.1, -0.05) is 33.9 Å². The Kier molecular flexibility index (Phi) is 6.91. The number of aromatic nitrogens is 1. The van der Waals surface area contributed by atoms with Gasteiger partial charge in [0, 0.05) is 54.0 Å². The number of methoxy groups -OCH3 is 2. The summed E-state index contributed by atoms with van der Waals surface area (Å²) in [6.45, 7) is 18.4. The zero-order valence-electron chi connectivity index (χ0n) is 21.8. The Balaban J connectivity index is 1.78. The predicted octanol–water partition coefficient (Wildman–Crippen LogP) is 6.43. The van der Waals surface area contributed by atoms with Gasteiger partial charge in [-0.3, -0.25) is 0 Å². The second-order valence-corrected chi connectivity index (χ2v) is 10.3. The number of allylic oxidation sites excluding steroid dienone is 4. The quantitative estimate of drug-likeness (QED) is 0.435. The maximum atomic E-state index is 5.86. The lowest BCUT2D eigenvalue weighted by Crippen LogP contribution is -2.45. The molecular weight excluding hydrogens is 436 g/mol. The van der Waals surface area contributed by atoms with Crippen molar-refractivity contribution in [2.24, 2.45) is 5.41 Å². The first-order chi connectivity index (χ1) is 16.6. The fourth-order valence-corrected chi connectivity index (χ4v) is 4.78. The fourth-order valence-electron chi connectivity index (χ4n) is 4.78. The Bertz CT molecular complexity index is 1200. The highest BCUT2D eigenvalue weighted by Gasteiger charge is 2.38. The number of hydrogen-bond donors (Lipinski definition) is 0. The Morgan fingerprint density at radius 1 is 1.14 bits per heavy atom. The molecule has 35 heavy (non-hydrogen) atoms. The van der Waals surface area contributed by atoms with E-state index in [0.717, 1.165) is 45.7 Å². The molecule has 0 saturated heterocycles. The minimum absolute atomic E-state index is 0.0645. The molecule has 184 valence electrons. The molecule has 1 unspecified atom stereocenters. The molecule has 2 aliphatic heterocycles. The van der Waals surface area contributed by atoms with E-state index >= 15 is 0 Å². The van der Waals surface area contributed by atoms with Crippen LogP contribution in [0.15, 0.2) is 72.6 Å². The Labute approximate surface area is 209 Å². The van der Waals surface area contributed by atoms with Crippen LogP contribution < -0.4 is 9.47 Å². The first-order valence-electron chi connectivity index (χ1n) is 12.0. The first kappa shape index (κ1) is 24.8. The maximum Gasteiger partial charge on any atom is 0.213 e. The lowest BCUT2D eigenvalue weighted by atomic mass is 9.76. The molecule has 4 rings (SSSR count). The topological polar surface area (TPSA) is 43.8 Å². The molecule has 2 aromatic rings. The molecule has 2 aliphatic rings. The summed E-state index contributed by atoms with van der Waals surface area (Å²) in [7, 11) is 3.37. The summed E-state index contributed by atoms with van der Waals surface area (Å²) in [6.07, 6.45) is 7.18. The lowest BCUT2D eigenvalue weighted by Gasteiger charge is -2.47. The van der Waals surface area contributed by atoms with Gasteiger partial charge in [0.2, 0.25) is 5.88 Å². The lowest BCUT2D eigenvalue weighted by molar-refractivity contribution is 0.144. The smallest absolute Gasteiger partial charge is 0.213 e. The highest BCUT2D eigenvalue weighted by molar-refractivity contribution is 5.82. The molecule has 0 amide bonds. The van der Waals surface area contributed by atoms with Gasteiger partial charge in [0.25, 0.3) is 0 Å². The van der Waals surface area contributed by atoms with E-state index in [-0.39, 0.29) is 5.41 Å². The zero-order chi connectivity index (χ0) is 25.3. The van der Waals surface area contributed by atoms with E-state index in [2.05, 4.69) is 68.2 Å². The summed E-state index contributed by atoms with van der Waals surface area (Å²) in [5.74, 6) is 1.39. The van der Waals surface area contributed by atoms with Crippen molar-refractivity contribution in [2.75, 3.05) is 27.4 Å². The predicted molar refractivity (Wildman–Crippen MR) is 142 cm³/mol. The fraction of sp³-hybridized carbons (Fsp3) is 0.367. The second-order valence-electron chi connectivity index (χ2n) is 10.3. The van der Waals surface area contributed by atoms with E-state index in [1.54, 1.807) is 14.2 Å². The SMILES string of the molecule is C=C(C)C1=CN2C(=CC1=C)c1cc(OC)c(-c3ccc(OCCOC)nc3)cc1CC2C(C)(C)C. The molecule has 0 bridgehead atoms. The van der Waals surface area contributed by atoms with Crippen LogP contribution >= 0.6 is 0 Å². The number of benzene rings is 1. The molecule has 0 N–H and O–H groups in total. The van der Waals surface area contributed by atoms with E-state index in [9.17, 15) is 0 Å². The van der Waals surface area contributed by atoms with Gasteiger partial charge in [0.15, 0.2) is 0 Å². The number of ether oxygens (including phenoxy) is 3. The van der Waals surface area contributed by atoms with Crippen LogP contribution in [0.25, 0.3) is 16.8 Å². The molecule has 0 fully saturated rings. The molecule has 1 aromatic heterocycles. The van der Waals surface area contributed by atoms with Gasteiger partial charge in [0.05, 0.1) is 13.7 Å². The van der Waals surface area contributed by atoms with Gasteiger partial charge in [-0.15, -0.1) is 0 Å². The monoisotopic (exact) mass is 472 g/mol. The molecular formula is C30H36N2O3. The van der Waals surface area contributed by atoms with Crippen LogP contribution in [-0.4, -0.2) is 43.4 Å². The number of pyridine rings is 1. The van der Waals surface area contributed by atoms with Crippen molar-refractivity contribution >= 4 is 5.70 Å². The van der Waals surface area contributed by atoms with E-state index in [0.29, 0.717) is 25.1 Å². The average molecular weight is 473 g/mol. The summed E-state index contributed by atoms with van der Waals surface area (Å²) in [5, 5.41) is 0. The zero-order valence-corrected chi connectivity index (χ0v) is 21.8. The van der Waals surface area contributed by atoms with Gasteiger partial charge in [0.1, 0.15) is 12.4 Å². The largest absolute Gasteiger partial charge is 0.496 e. The molecule has 0 saturated carbocycles. The van der Waals surface area contributed by atoms with Crippen molar-refractivity contribution in [1.29, 1.82) is 0 Å². The molecule has 0 spiro atoms. The van der Waals surface area contributed by atoms with Gasteiger partial charge in [-0.05, 0) is 65.3 Å². The van der Waals surface area contributed by atoms with Crippen molar-refractivity contribution < 1.29 is 14.2 Å². The molecule has 5 nitrogen and oxygen atoms in total. The molecule has 0 aliphatic carbocycles. The highest BCUT2D eigenvalue weighted by atomic mass is 16.5. The Morgan fingerprint density at radius 3 is 2.51 bits per heavy atom. The third-order valence-electron chi connectivity index (χ3n) is 6.70. The average Bonchev–Trinajstić information content (AvgIpc) is 2.82. The number of nitrogens with zero attached hydrogens (tertiary/aromatic N) is 2. The summed E-state index contributed by atoms with van der Waals surface area (Å²) < 4.78 is 16.5. The van der Waals surface area contributed by atoms with Gasteiger partial charge < -0.3 is 19.1 Å². The van der Waals surface area contributed by atoms with Crippen molar-refractivity contribution in [2.45, 2.75) is 40.2 Å². The van der Waals surface area contributed by atoms with Crippen LogP contribution in [0.4, 0.5) is 0 Å². The van der Waals surface area contributed by atoms with Crippen LogP contribution in [0, 0.1) is 5.41 Å². The van der Waals surface area contributed by atoms with Crippen LogP contribution in [-0.2, 0) is 11.2 Å². The van der Waals surface area contributed by atoms with Crippen LogP contribution in [0.5, 0.6) is 11.6 Å². The van der Waals surface area contributed by atoms with Crippen molar-refractivity contribution in [3.05, 3.63) is 83.7 Å². The van der Waals surface area contributed by atoms with Crippen molar-refractivity contribution in [3.63, 3.8) is 0 Å². The molecule has 1 aromatic carbocycles. The van der Waals surface area contributed by atoms with Crippen LogP contribution in [0.2, 0.25) is 0 Å².